The predicted octanol–water partition coefficient (Wildman–Crippen LogP) is 3.43. The van der Waals surface area contributed by atoms with Gasteiger partial charge in [0.15, 0.2) is 0 Å². The molecule has 1 N–H and O–H groups in total. The molecule has 2 rings (SSSR count). The zero-order valence-electron chi connectivity index (χ0n) is 10.4. The molecule has 1 heterocycles. The normalized spacial score (nSPS) is 24.3. The Kier molecular flexibility index (Phi) is 4.89. The lowest BCUT2D eigenvalue weighted by Gasteiger charge is -2.20. The van der Waals surface area contributed by atoms with Gasteiger partial charge < -0.3 is 10.1 Å². The number of thiophene rings is 1. The Labute approximate surface area is 116 Å². The van der Waals surface area contributed by atoms with Gasteiger partial charge in [0.05, 0.1) is 17.4 Å². The molecule has 5 heteroatoms. The zero-order valence-corrected chi connectivity index (χ0v) is 12.0. The van der Waals surface area contributed by atoms with Crippen LogP contribution >= 0.6 is 22.9 Å². The van der Waals surface area contributed by atoms with E-state index >= 15 is 0 Å². The molecule has 2 atom stereocenters. The molecule has 1 saturated carbocycles. The van der Waals surface area contributed by atoms with Gasteiger partial charge in [0.1, 0.15) is 5.75 Å². The first-order chi connectivity index (χ1) is 8.70. The fourth-order valence-electron chi connectivity index (χ4n) is 2.21. The summed E-state index contributed by atoms with van der Waals surface area (Å²) in [6, 6.07) is 1.86. The summed E-state index contributed by atoms with van der Waals surface area (Å²) in [7, 11) is 1.60. The van der Waals surface area contributed by atoms with Crippen LogP contribution in [-0.2, 0) is 0 Å². The topological polar surface area (TPSA) is 38.3 Å². The number of halogens is 1. The summed E-state index contributed by atoms with van der Waals surface area (Å²) in [5.41, 5.74) is 0. The Morgan fingerprint density at radius 3 is 2.94 bits per heavy atom. The Morgan fingerprint density at radius 2 is 2.22 bits per heavy atom. The van der Waals surface area contributed by atoms with Crippen molar-refractivity contribution in [3.8, 4) is 5.75 Å². The van der Waals surface area contributed by atoms with Crippen LogP contribution in [0.3, 0.4) is 0 Å². The van der Waals surface area contributed by atoms with Crippen molar-refractivity contribution in [2.45, 2.75) is 43.5 Å². The van der Waals surface area contributed by atoms with Crippen LogP contribution in [0, 0.1) is 0 Å². The molecule has 0 aliphatic heterocycles. The van der Waals surface area contributed by atoms with E-state index < -0.39 is 0 Å². The first-order valence-corrected chi connectivity index (χ1v) is 7.60. The highest BCUT2D eigenvalue weighted by molar-refractivity contribution is 7.12. The van der Waals surface area contributed by atoms with Crippen LogP contribution in [0.4, 0.5) is 0 Å². The zero-order chi connectivity index (χ0) is 13.0. The van der Waals surface area contributed by atoms with Crippen LogP contribution in [0.15, 0.2) is 11.4 Å². The third-order valence-electron chi connectivity index (χ3n) is 3.28. The molecule has 1 aromatic heterocycles. The number of rotatable bonds is 3. The molecular formula is C13H18ClNO2S. The molecule has 18 heavy (non-hydrogen) atoms. The fraction of sp³-hybridized carbons (Fsp3) is 0.615. The van der Waals surface area contributed by atoms with Gasteiger partial charge in [0.25, 0.3) is 5.91 Å². The third-order valence-corrected chi connectivity index (χ3v) is 4.71. The average Bonchev–Trinajstić information content (AvgIpc) is 2.77. The Hall–Kier alpha value is -0.740. The highest BCUT2D eigenvalue weighted by Gasteiger charge is 2.24. The highest BCUT2D eigenvalue weighted by atomic mass is 35.5. The van der Waals surface area contributed by atoms with E-state index in [1.807, 2.05) is 5.38 Å². The maximum absolute atomic E-state index is 12.1. The molecule has 3 nitrogen and oxygen atoms in total. The summed E-state index contributed by atoms with van der Waals surface area (Å²) in [5, 5.41) is 4.93. The third kappa shape index (κ3) is 3.39. The van der Waals surface area contributed by atoms with Crippen LogP contribution in [-0.4, -0.2) is 24.4 Å². The molecule has 1 amide bonds. The molecule has 100 valence electrons. The van der Waals surface area contributed by atoms with Crippen molar-refractivity contribution in [3.63, 3.8) is 0 Å². The summed E-state index contributed by atoms with van der Waals surface area (Å²) in [5.74, 6) is 0.689. The van der Waals surface area contributed by atoms with Crippen LogP contribution in [0.5, 0.6) is 5.75 Å². The average molecular weight is 288 g/mol. The number of methoxy groups -OCH3 is 1. The van der Waals surface area contributed by atoms with Gasteiger partial charge >= 0.3 is 0 Å². The lowest BCUT2D eigenvalue weighted by Crippen LogP contribution is -2.40. The minimum atomic E-state index is -0.0409. The van der Waals surface area contributed by atoms with Crippen molar-refractivity contribution < 1.29 is 9.53 Å². The van der Waals surface area contributed by atoms with E-state index in [4.69, 9.17) is 16.3 Å². The second-order valence-electron chi connectivity index (χ2n) is 4.58. The predicted molar refractivity (Wildman–Crippen MR) is 74.9 cm³/mol. The number of carbonyl (C=O) groups is 1. The minimum absolute atomic E-state index is 0.0409. The van der Waals surface area contributed by atoms with E-state index in [0.29, 0.717) is 4.88 Å². The summed E-state index contributed by atoms with van der Waals surface area (Å²) < 4.78 is 5.08. The number of alkyl halides is 1. The standard InChI is InChI=1S/C13H18ClNO2S/c1-17-9-7-12(18-8-9)13(16)15-11-6-4-2-3-5-10(11)14/h7-8,10-11H,2-6H2,1H3,(H,15,16). The Morgan fingerprint density at radius 1 is 1.44 bits per heavy atom. The molecule has 1 fully saturated rings. The second-order valence-corrected chi connectivity index (χ2v) is 6.06. The van der Waals surface area contributed by atoms with Crippen molar-refractivity contribution in [2.24, 2.45) is 0 Å². The first-order valence-electron chi connectivity index (χ1n) is 6.28. The Balaban J connectivity index is 1.97. The Bertz CT molecular complexity index is 407. The van der Waals surface area contributed by atoms with Gasteiger partial charge in [0.2, 0.25) is 0 Å². The van der Waals surface area contributed by atoms with E-state index in [1.165, 1.54) is 17.8 Å². The largest absolute Gasteiger partial charge is 0.496 e. The quantitative estimate of drug-likeness (QED) is 0.683. The van der Waals surface area contributed by atoms with E-state index in [1.54, 1.807) is 13.2 Å². The van der Waals surface area contributed by atoms with E-state index in [9.17, 15) is 4.79 Å². The van der Waals surface area contributed by atoms with Gasteiger partial charge in [-0.1, -0.05) is 19.3 Å². The highest BCUT2D eigenvalue weighted by Crippen LogP contribution is 2.24. The summed E-state index contributed by atoms with van der Waals surface area (Å²) >= 11 is 7.71. The first kappa shape index (κ1) is 13.7. The molecule has 1 aromatic rings. The molecule has 2 unspecified atom stereocenters. The SMILES string of the molecule is COc1csc(C(=O)NC2CCCCCC2Cl)c1. The number of hydrogen-bond acceptors (Lipinski definition) is 3. The van der Waals surface area contributed by atoms with Crippen LogP contribution in [0.1, 0.15) is 41.8 Å². The maximum Gasteiger partial charge on any atom is 0.261 e. The maximum atomic E-state index is 12.1. The monoisotopic (exact) mass is 287 g/mol. The van der Waals surface area contributed by atoms with Gasteiger partial charge in [-0.15, -0.1) is 22.9 Å². The van der Waals surface area contributed by atoms with Gasteiger partial charge in [-0.2, -0.15) is 0 Å². The molecule has 1 aliphatic rings. The molecule has 0 spiro atoms. The summed E-state index contributed by atoms with van der Waals surface area (Å²) in [4.78, 5) is 12.8. The van der Waals surface area contributed by atoms with Gasteiger partial charge in [-0.3, -0.25) is 4.79 Å². The summed E-state index contributed by atoms with van der Waals surface area (Å²) in [6.45, 7) is 0. The van der Waals surface area contributed by atoms with Crippen molar-refractivity contribution in [3.05, 3.63) is 16.3 Å². The van der Waals surface area contributed by atoms with Crippen LogP contribution in [0.2, 0.25) is 0 Å². The number of ether oxygens (including phenoxy) is 1. The fourth-order valence-corrected chi connectivity index (χ4v) is 3.31. The van der Waals surface area contributed by atoms with Crippen molar-refractivity contribution in [2.75, 3.05) is 7.11 Å². The molecule has 0 bridgehead atoms. The second kappa shape index (κ2) is 6.43. The lowest BCUT2D eigenvalue weighted by atomic mass is 10.1. The molecule has 0 aromatic carbocycles. The van der Waals surface area contributed by atoms with Crippen molar-refractivity contribution in [1.82, 2.24) is 5.32 Å². The van der Waals surface area contributed by atoms with E-state index in [0.717, 1.165) is 31.4 Å². The summed E-state index contributed by atoms with van der Waals surface area (Å²) in [6.07, 6.45) is 5.47. The molecule has 1 aliphatic carbocycles. The molecule has 0 saturated heterocycles. The number of hydrogen-bond donors (Lipinski definition) is 1. The van der Waals surface area contributed by atoms with Gasteiger partial charge in [0, 0.05) is 17.5 Å². The smallest absolute Gasteiger partial charge is 0.261 e. The number of amides is 1. The number of nitrogens with one attached hydrogen (secondary N) is 1. The van der Waals surface area contributed by atoms with Crippen LogP contribution < -0.4 is 10.1 Å². The van der Waals surface area contributed by atoms with E-state index in [-0.39, 0.29) is 17.3 Å². The van der Waals surface area contributed by atoms with Crippen molar-refractivity contribution in [1.29, 1.82) is 0 Å². The van der Waals surface area contributed by atoms with Gasteiger partial charge in [-0.25, -0.2) is 0 Å². The van der Waals surface area contributed by atoms with Crippen LogP contribution in [0.25, 0.3) is 0 Å². The lowest BCUT2D eigenvalue weighted by molar-refractivity contribution is 0.0938. The van der Waals surface area contributed by atoms with Gasteiger partial charge in [-0.05, 0) is 12.8 Å². The molecule has 0 radical (unpaired) electrons. The van der Waals surface area contributed by atoms with Crippen molar-refractivity contribution >= 4 is 28.8 Å². The number of carbonyl (C=O) groups excluding carboxylic acids is 1. The molecular weight excluding hydrogens is 270 g/mol. The minimum Gasteiger partial charge on any atom is -0.496 e. The van der Waals surface area contributed by atoms with E-state index in [2.05, 4.69) is 5.32 Å².